The molecule has 1 aliphatic rings. The molecule has 0 radical (unpaired) electrons. The van der Waals surface area contributed by atoms with Gasteiger partial charge in [-0.15, -0.1) is 13.2 Å². The van der Waals surface area contributed by atoms with Crippen molar-refractivity contribution in [1.82, 2.24) is 5.32 Å². The Morgan fingerprint density at radius 3 is 2.84 bits per heavy atom. The molecule has 0 spiro atoms. The Kier molecular flexibility index (Phi) is 8.42. The Hall–Kier alpha value is -2.61. The molecule has 0 atom stereocenters. The molecule has 0 fully saturated rings. The number of ether oxygens (including phenoxy) is 1. The van der Waals surface area contributed by atoms with Crippen molar-refractivity contribution < 1.29 is 23.0 Å². The zero-order valence-corrected chi connectivity index (χ0v) is 13.8. The summed E-state index contributed by atoms with van der Waals surface area (Å²) >= 11 is 0. The molecule has 0 saturated carbocycles. The molecule has 0 aliphatic heterocycles. The fraction of sp³-hybridized carbons (Fsp3) is 0.294. The van der Waals surface area contributed by atoms with Gasteiger partial charge in [0.2, 0.25) is 0 Å². The first-order chi connectivity index (χ1) is 11.8. The van der Waals surface area contributed by atoms with Crippen molar-refractivity contribution in [3.05, 3.63) is 60.1 Å². The topological polar surface area (TPSA) is 66.2 Å². The van der Waals surface area contributed by atoms with E-state index in [1.54, 1.807) is 19.1 Å². The van der Waals surface area contributed by atoms with E-state index in [0.717, 1.165) is 17.4 Å². The van der Waals surface area contributed by atoms with E-state index in [9.17, 15) is 13.2 Å². The van der Waals surface area contributed by atoms with E-state index >= 15 is 0 Å². The number of allylic oxidation sites excluding steroid dienone is 5. The fourth-order valence-electron chi connectivity index (χ4n) is 1.76. The Labute approximate surface area is 144 Å². The summed E-state index contributed by atoms with van der Waals surface area (Å²) < 4.78 is 39.6. The van der Waals surface area contributed by atoms with Crippen LogP contribution in [0, 0.1) is 0 Å². The first-order valence-corrected chi connectivity index (χ1v) is 7.40. The molecule has 0 unspecified atom stereocenters. The van der Waals surface area contributed by atoms with Crippen LogP contribution in [0.4, 0.5) is 13.2 Å². The predicted octanol–water partition coefficient (Wildman–Crippen LogP) is 3.39. The Morgan fingerprint density at radius 2 is 2.20 bits per heavy atom. The Bertz CT molecular complexity index is 642. The van der Waals surface area contributed by atoms with Gasteiger partial charge in [0.05, 0.1) is 6.61 Å². The van der Waals surface area contributed by atoms with Gasteiger partial charge in [-0.25, -0.2) is 4.99 Å². The van der Waals surface area contributed by atoms with Crippen LogP contribution in [-0.4, -0.2) is 36.8 Å². The maximum absolute atomic E-state index is 12.0. The molecule has 5 nitrogen and oxygen atoms in total. The fourth-order valence-corrected chi connectivity index (χ4v) is 1.76. The molecule has 0 bridgehead atoms. The lowest BCUT2D eigenvalue weighted by Gasteiger charge is -2.08. The second kappa shape index (κ2) is 10.3. The number of aliphatic hydroxyl groups excluding tert-OH is 1. The van der Waals surface area contributed by atoms with Gasteiger partial charge in [-0.3, -0.25) is 4.99 Å². The van der Waals surface area contributed by atoms with Crippen LogP contribution in [0.1, 0.15) is 13.3 Å². The van der Waals surface area contributed by atoms with Crippen LogP contribution in [0.25, 0.3) is 0 Å². The third-order valence-corrected chi connectivity index (χ3v) is 2.88. The van der Waals surface area contributed by atoms with Crippen LogP contribution < -0.4 is 5.32 Å². The minimum Gasteiger partial charge on any atom is -0.406 e. The minimum absolute atomic E-state index is 0.0471. The molecular weight excluding hydrogens is 335 g/mol. The molecule has 25 heavy (non-hydrogen) atoms. The summed E-state index contributed by atoms with van der Waals surface area (Å²) in [7, 11) is 0. The number of halogens is 3. The lowest BCUT2D eigenvalue weighted by Crippen LogP contribution is -2.13. The number of aliphatic hydroxyl groups is 1. The highest BCUT2D eigenvalue weighted by atomic mass is 19.4. The standard InChI is InChI=1S/C17H20F3N3O2/c1-3-15(8-7-13(2)25-17(18,19)20)22-11-21-12-23-16-6-4-5-14(9-16)10-24/h3-5,7-9,12,22,24H,2,6,10-11H2,1H3/b8-7-,15-3+,21-12-,23-16+. The van der Waals surface area contributed by atoms with Crippen LogP contribution in [0.2, 0.25) is 0 Å². The van der Waals surface area contributed by atoms with Crippen molar-refractivity contribution in [1.29, 1.82) is 0 Å². The number of nitrogens with zero attached hydrogens (tertiary/aromatic N) is 2. The van der Waals surface area contributed by atoms with Crippen LogP contribution in [0.15, 0.2) is 70.0 Å². The van der Waals surface area contributed by atoms with Crippen molar-refractivity contribution in [2.75, 3.05) is 13.3 Å². The van der Waals surface area contributed by atoms with E-state index in [-0.39, 0.29) is 13.3 Å². The number of hydrogen-bond donors (Lipinski definition) is 2. The van der Waals surface area contributed by atoms with Gasteiger partial charge in [-0.2, -0.15) is 0 Å². The highest BCUT2D eigenvalue weighted by Crippen LogP contribution is 2.20. The summed E-state index contributed by atoms with van der Waals surface area (Å²) in [6.45, 7) is 5.03. The van der Waals surface area contributed by atoms with E-state index in [1.807, 2.05) is 12.2 Å². The number of nitrogens with one attached hydrogen (secondary N) is 1. The van der Waals surface area contributed by atoms with Gasteiger partial charge in [0, 0.05) is 17.8 Å². The third-order valence-electron chi connectivity index (χ3n) is 2.88. The first-order valence-electron chi connectivity index (χ1n) is 7.40. The Morgan fingerprint density at radius 1 is 1.44 bits per heavy atom. The molecule has 0 aromatic heterocycles. The van der Waals surface area contributed by atoms with E-state index in [2.05, 4.69) is 26.6 Å². The predicted molar refractivity (Wildman–Crippen MR) is 92.0 cm³/mol. The highest BCUT2D eigenvalue weighted by Gasteiger charge is 2.30. The molecule has 0 aromatic carbocycles. The van der Waals surface area contributed by atoms with Gasteiger partial charge in [0.15, 0.2) is 0 Å². The molecule has 136 valence electrons. The quantitative estimate of drug-likeness (QED) is 0.304. The average Bonchev–Trinajstić information content (AvgIpc) is 2.56. The van der Waals surface area contributed by atoms with Crippen molar-refractivity contribution >= 4 is 12.1 Å². The maximum Gasteiger partial charge on any atom is 0.573 e. The SMILES string of the molecule is C=C(/C=C\C(=C/C)NC/N=C\N=C1\C=C(CO)C=CC1)OC(F)(F)F. The van der Waals surface area contributed by atoms with Crippen molar-refractivity contribution in [3.63, 3.8) is 0 Å². The van der Waals surface area contributed by atoms with E-state index < -0.39 is 12.1 Å². The van der Waals surface area contributed by atoms with E-state index in [4.69, 9.17) is 5.11 Å². The zero-order chi connectivity index (χ0) is 18.7. The number of hydrogen-bond acceptors (Lipinski definition) is 4. The number of aliphatic imine (C=N–C) groups is 2. The smallest absolute Gasteiger partial charge is 0.406 e. The summed E-state index contributed by atoms with van der Waals surface area (Å²) in [5.41, 5.74) is 2.11. The molecule has 2 N–H and O–H groups in total. The summed E-state index contributed by atoms with van der Waals surface area (Å²) in [6.07, 6.45) is 6.98. The van der Waals surface area contributed by atoms with Crippen LogP contribution in [-0.2, 0) is 4.74 Å². The summed E-state index contributed by atoms with van der Waals surface area (Å²) in [6, 6.07) is 0. The molecule has 8 heteroatoms. The maximum atomic E-state index is 12.0. The summed E-state index contributed by atoms with van der Waals surface area (Å²) in [5.74, 6) is -0.514. The van der Waals surface area contributed by atoms with Crippen molar-refractivity contribution in [2.24, 2.45) is 9.98 Å². The van der Waals surface area contributed by atoms with Gasteiger partial charge >= 0.3 is 6.36 Å². The monoisotopic (exact) mass is 355 g/mol. The van der Waals surface area contributed by atoms with Gasteiger partial charge in [0.25, 0.3) is 0 Å². The van der Waals surface area contributed by atoms with E-state index in [0.29, 0.717) is 12.1 Å². The van der Waals surface area contributed by atoms with Crippen LogP contribution in [0.5, 0.6) is 0 Å². The second-order valence-electron chi connectivity index (χ2n) is 4.83. The lowest BCUT2D eigenvalue weighted by molar-refractivity contribution is -0.303. The highest BCUT2D eigenvalue weighted by molar-refractivity contribution is 6.01. The van der Waals surface area contributed by atoms with Gasteiger partial charge in [-0.05, 0) is 30.7 Å². The summed E-state index contributed by atoms with van der Waals surface area (Å²) in [5, 5.41) is 12.0. The van der Waals surface area contributed by atoms with Crippen molar-refractivity contribution in [3.8, 4) is 0 Å². The third kappa shape index (κ3) is 9.31. The number of rotatable bonds is 8. The summed E-state index contributed by atoms with van der Waals surface area (Å²) in [4.78, 5) is 8.21. The molecular formula is C17H20F3N3O2. The zero-order valence-electron chi connectivity index (χ0n) is 13.8. The van der Waals surface area contributed by atoms with Gasteiger partial charge in [-0.1, -0.05) is 24.8 Å². The molecule has 0 heterocycles. The minimum atomic E-state index is -4.76. The second-order valence-corrected chi connectivity index (χ2v) is 4.83. The molecule has 0 amide bonds. The van der Waals surface area contributed by atoms with Gasteiger partial charge in [0.1, 0.15) is 18.8 Å². The molecule has 1 rings (SSSR count). The molecule has 1 aliphatic carbocycles. The average molecular weight is 355 g/mol. The molecule has 0 aromatic rings. The van der Waals surface area contributed by atoms with Gasteiger partial charge < -0.3 is 15.2 Å². The van der Waals surface area contributed by atoms with Crippen molar-refractivity contribution in [2.45, 2.75) is 19.7 Å². The largest absolute Gasteiger partial charge is 0.573 e. The normalized spacial score (nSPS) is 17.4. The number of alkyl halides is 3. The Balaban J connectivity index is 2.44. The first kappa shape index (κ1) is 20.4. The molecule has 0 saturated heterocycles. The lowest BCUT2D eigenvalue weighted by atomic mass is 10.1. The van der Waals surface area contributed by atoms with E-state index in [1.165, 1.54) is 12.4 Å². The van der Waals surface area contributed by atoms with Crippen LogP contribution in [0.3, 0.4) is 0 Å². The van der Waals surface area contributed by atoms with Crippen LogP contribution >= 0.6 is 0 Å².